The van der Waals surface area contributed by atoms with Gasteiger partial charge in [-0.2, -0.15) is 0 Å². The minimum atomic E-state index is -1.62. The maximum Gasteiger partial charge on any atom is 0.126 e. The van der Waals surface area contributed by atoms with Crippen LogP contribution in [0.3, 0.4) is 0 Å². The van der Waals surface area contributed by atoms with Gasteiger partial charge in [0.2, 0.25) is 0 Å². The lowest BCUT2D eigenvalue weighted by molar-refractivity contribution is -0.0790. The van der Waals surface area contributed by atoms with E-state index in [9.17, 15) is 25.5 Å². The van der Waals surface area contributed by atoms with Crippen LogP contribution < -0.4 is 0 Å². The Bertz CT molecular complexity index is 404. The van der Waals surface area contributed by atoms with Gasteiger partial charge in [0.25, 0.3) is 0 Å². The first-order valence-corrected chi connectivity index (χ1v) is 6.77. The van der Waals surface area contributed by atoms with Gasteiger partial charge in [-0.3, -0.25) is 9.97 Å². The van der Waals surface area contributed by atoms with Crippen molar-refractivity contribution in [1.29, 1.82) is 0 Å². The molecular formula is C13H22N2O7. The Labute approximate surface area is 127 Å². The van der Waals surface area contributed by atoms with E-state index >= 15 is 0 Å². The standard InChI is InChI=1S/C13H22N2O7/c1-6(11(20)9(18)4-16)7-2-15-8(3-14-7)12(21)13(22)10(19)5-17/h2-3,6,9-13,16-22H,4-5H2,1H3/t6?,9-,10-,11+,12-,13-/m1/s1. The number of hydrogen-bond donors (Lipinski definition) is 7. The van der Waals surface area contributed by atoms with Crippen LogP contribution in [0.1, 0.15) is 30.3 Å². The number of rotatable bonds is 8. The molecule has 1 heterocycles. The van der Waals surface area contributed by atoms with E-state index in [1.807, 2.05) is 0 Å². The lowest BCUT2D eigenvalue weighted by Gasteiger charge is -2.23. The first-order chi connectivity index (χ1) is 10.3. The van der Waals surface area contributed by atoms with Crippen molar-refractivity contribution in [2.45, 2.75) is 43.4 Å². The van der Waals surface area contributed by atoms with Crippen LogP contribution in [0.5, 0.6) is 0 Å². The highest BCUT2D eigenvalue weighted by atomic mass is 16.4. The molecule has 1 unspecified atom stereocenters. The SMILES string of the molecule is CC(c1cnc([C@@H](O)[C@H](O)[C@H](O)CO)cn1)[C@H](O)[C@H](O)CO. The summed E-state index contributed by atoms with van der Waals surface area (Å²) in [6.07, 6.45) is -4.83. The minimum Gasteiger partial charge on any atom is -0.394 e. The third-order valence-electron chi connectivity index (χ3n) is 3.46. The van der Waals surface area contributed by atoms with Crippen molar-refractivity contribution >= 4 is 0 Å². The summed E-state index contributed by atoms with van der Waals surface area (Å²) in [5.74, 6) is -0.617. The molecule has 7 N–H and O–H groups in total. The van der Waals surface area contributed by atoms with Crippen LogP contribution in [0.25, 0.3) is 0 Å². The topological polar surface area (TPSA) is 167 Å². The van der Waals surface area contributed by atoms with Crippen LogP contribution >= 0.6 is 0 Å². The maximum atomic E-state index is 9.81. The predicted molar refractivity (Wildman–Crippen MR) is 73.6 cm³/mol. The summed E-state index contributed by atoms with van der Waals surface area (Å²) in [4.78, 5) is 7.86. The quantitative estimate of drug-likeness (QED) is 0.265. The number of aliphatic hydroxyl groups is 7. The van der Waals surface area contributed by atoms with Gasteiger partial charge in [0.15, 0.2) is 0 Å². The van der Waals surface area contributed by atoms with Crippen molar-refractivity contribution in [3.63, 3.8) is 0 Å². The second-order valence-electron chi connectivity index (χ2n) is 5.08. The van der Waals surface area contributed by atoms with E-state index in [0.29, 0.717) is 5.69 Å². The van der Waals surface area contributed by atoms with Crippen molar-refractivity contribution < 1.29 is 35.7 Å². The molecule has 0 aromatic carbocycles. The molecule has 0 bridgehead atoms. The fraction of sp³-hybridized carbons (Fsp3) is 0.692. The van der Waals surface area contributed by atoms with E-state index in [1.165, 1.54) is 6.20 Å². The van der Waals surface area contributed by atoms with Gasteiger partial charge in [-0.05, 0) is 0 Å². The third-order valence-corrected chi connectivity index (χ3v) is 3.46. The van der Waals surface area contributed by atoms with Crippen molar-refractivity contribution in [3.05, 3.63) is 23.8 Å². The average molecular weight is 318 g/mol. The Morgan fingerprint density at radius 3 is 1.73 bits per heavy atom. The summed E-state index contributed by atoms with van der Waals surface area (Å²) in [5, 5.41) is 65.4. The molecule has 0 amide bonds. The monoisotopic (exact) mass is 318 g/mol. The van der Waals surface area contributed by atoms with Gasteiger partial charge in [-0.15, -0.1) is 0 Å². The third kappa shape index (κ3) is 4.40. The predicted octanol–water partition coefficient (Wildman–Crippen LogP) is -2.96. The smallest absolute Gasteiger partial charge is 0.126 e. The van der Waals surface area contributed by atoms with Gasteiger partial charge in [-0.25, -0.2) is 0 Å². The Morgan fingerprint density at radius 2 is 1.27 bits per heavy atom. The molecule has 0 aliphatic heterocycles. The summed E-state index contributed by atoms with van der Waals surface area (Å²) >= 11 is 0. The average Bonchev–Trinajstić information content (AvgIpc) is 2.57. The second kappa shape index (κ2) is 8.44. The molecule has 0 saturated carbocycles. The number of hydrogen-bond acceptors (Lipinski definition) is 9. The van der Waals surface area contributed by atoms with E-state index in [4.69, 9.17) is 10.2 Å². The van der Waals surface area contributed by atoms with Crippen molar-refractivity contribution in [3.8, 4) is 0 Å². The molecule has 0 aliphatic carbocycles. The highest BCUT2D eigenvalue weighted by molar-refractivity contribution is 5.11. The summed E-state index contributed by atoms with van der Waals surface area (Å²) in [6, 6.07) is 0. The lowest BCUT2D eigenvalue weighted by atomic mass is 9.97. The minimum absolute atomic E-state index is 0.0202. The van der Waals surface area contributed by atoms with Crippen molar-refractivity contribution in [2.24, 2.45) is 0 Å². The molecule has 126 valence electrons. The zero-order valence-corrected chi connectivity index (χ0v) is 12.1. The fourth-order valence-corrected chi connectivity index (χ4v) is 1.85. The second-order valence-corrected chi connectivity index (χ2v) is 5.08. The fourth-order valence-electron chi connectivity index (χ4n) is 1.85. The molecule has 1 aromatic rings. The van der Waals surface area contributed by atoms with E-state index in [1.54, 1.807) is 6.92 Å². The van der Waals surface area contributed by atoms with Crippen LogP contribution in [0.15, 0.2) is 12.4 Å². The van der Waals surface area contributed by atoms with Gasteiger partial charge in [0.1, 0.15) is 24.4 Å². The molecule has 0 radical (unpaired) electrons. The Kier molecular flexibility index (Phi) is 7.23. The molecule has 9 nitrogen and oxygen atoms in total. The zero-order valence-electron chi connectivity index (χ0n) is 12.1. The van der Waals surface area contributed by atoms with E-state index < -0.39 is 49.7 Å². The number of nitrogens with zero attached hydrogens (tertiary/aromatic N) is 2. The summed E-state index contributed by atoms with van der Waals surface area (Å²) in [7, 11) is 0. The van der Waals surface area contributed by atoms with Crippen molar-refractivity contribution in [1.82, 2.24) is 9.97 Å². The molecule has 0 aliphatic rings. The lowest BCUT2D eigenvalue weighted by Crippen LogP contribution is -2.35. The first kappa shape index (κ1) is 18.8. The molecule has 9 heteroatoms. The van der Waals surface area contributed by atoms with Crippen molar-refractivity contribution in [2.75, 3.05) is 13.2 Å². The Morgan fingerprint density at radius 1 is 0.818 bits per heavy atom. The van der Waals surface area contributed by atoms with E-state index in [-0.39, 0.29) is 5.69 Å². The molecule has 0 fully saturated rings. The van der Waals surface area contributed by atoms with E-state index in [2.05, 4.69) is 9.97 Å². The molecule has 22 heavy (non-hydrogen) atoms. The summed E-state index contributed by atoms with van der Waals surface area (Å²) in [6.45, 7) is 0.265. The largest absolute Gasteiger partial charge is 0.394 e. The first-order valence-electron chi connectivity index (χ1n) is 6.77. The highest BCUT2D eigenvalue weighted by Crippen LogP contribution is 2.21. The number of aliphatic hydroxyl groups excluding tert-OH is 7. The van der Waals surface area contributed by atoms with Gasteiger partial charge in [0.05, 0.1) is 36.9 Å². The Balaban J connectivity index is 2.82. The molecule has 1 rings (SSSR count). The van der Waals surface area contributed by atoms with Crippen LogP contribution in [0, 0.1) is 0 Å². The molecule has 0 spiro atoms. The molecule has 0 saturated heterocycles. The van der Waals surface area contributed by atoms with Crippen LogP contribution in [0.4, 0.5) is 0 Å². The summed E-state index contributed by atoms with van der Waals surface area (Å²) < 4.78 is 0. The molecule has 6 atom stereocenters. The molecular weight excluding hydrogens is 296 g/mol. The maximum absolute atomic E-state index is 9.81. The van der Waals surface area contributed by atoms with Crippen LogP contribution in [-0.4, -0.2) is 83.3 Å². The van der Waals surface area contributed by atoms with Gasteiger partial charge < -0.3 is 35.7 Å². The van der Waals surface area contributed by atoms with Gasteiger partial charge in [0, 0.05) is 12.1 Å². The molecule has 1 aromatic heterocycles. The van der Waals surface area contributed by atoms with Crippen LogP contribution in [0.2, 0.25) is 0 Å². The van der Waals surface area contributed by atoms with Crippen LogP contribution in [-0.2, 0) is 0 Å². The van der Waals surface area contributed by atoms with E-state index in [0.717, 1.165) is 6.20 Å². The number of aromatic nitrogens is 2. The van der Waals surface area contributed by atoms with Gasteiger partial charge >= 0.3 is 0 Å². The summed E-state index contributed by atoms with van der Waals surface area (Å²) in [5.41, 5.74) is 0.293. The van der Waals surface area contributed by atoms with Gasteiger partial charge in [-0.1, -0.05) is 6.92 Å². The normalized spacial score (nSPS) is 20.0. The highest BCUT2D eigenvalue weighted by Gasteiger charge is 2.28. The zero-order chi connectivity index (χ0) is 16.9. The Hall–Kier alpha value is -1.20.